The van der Waals surface area contributed by atoms with E-state index in [1.165, 1.54) is 6.20 Å². The molecule has 0 aliphatic carbocycles. The van der Waals surface area contributed by atoms with Crippen molar-refractivity contribution in [3.05, 3.63) is 47.8 Å². The monoisotopic (exact) mass is 280 g/mol. The third kappa shape index (κ3) is 3.17. The SMILES string of the molecule is Cc1c(C(=O)CP(=O)(O)O)cnn1-c1ccccc1. The first-order chi connectivity index (χ1) is 8.88. The fraction of sp³-hybridized carbons (Fsp3) is 0.167. The maximum Gasteiger partial charge on any atom is 0.333 e. The maximum absolute atomic E-state index is 11.8. The number of hydrogen-bond acceptors (Lipinski definition) is 3. The average Bonchev–Trinajstić information content (AvgIpc) is 2.70. The molecule has 0 fully saturated rings. The Hall–Kier alpha value is -1.75. The Morgan fingerprint density at radius 1 is 1.32 bits per heavy atom. The Kier molecular flexibility index (Phi) is 3.66. The highest BCUT2D eigenvalue weighted by atomic mass is 31.2. The van der Waals surface area contributed by atoms with Crippen LogP contribution < -0.4 is 0 Å². The van der Waals surface area contributed by atoms with Crippen LogP contribution in [0.25, 0.3) is 5.69 Å². The zero-order valence-electron chi connectivity index (χ0n) is 10.2. The molecule has 0 aliphatic heterocycles. The van der Waals surface area contributed by atoms with E-state index in [-0.39, 0.29) is 5.56 Å². The topological polar surface area (TPSA) is 92.4 Å². The molecule has 2 rings (SSSR count). The molecule has 0 spiro atoms. The van der Waals surface area contributed by atoms with Crippen LogP contribution in [0.4, 0.5) is 0 Å². The summed E-state index contributed by atoms with van der Waals surface area (Å²) < 4.78 is 12.4. The van der Waals surface area contributed by atoms with Gasteiger partial charge >= 0.3 is 7.60 Å². The van der Waals surface area contributed by atoms with Crippen LogP contribution >= 0.6 is 7.60 Å². The smallest absolute Gasteiger partial charge is 0.324 e. The van der Waals surface area contributed by atoms with E-state index >= 15 is 0 Å². The predicted molar refractivity (Wildman–Crippen MR) is 69.5 cm³/mol. The van der Waals surface area contributed by atoms with Crippen molar-refractivity contribution in [2.75, 3.05) is 6.16 Å². The predicted octanol–water partition coefficient (Wildman–Crippen LogP) is 1.54. The quantitative estimate of drug-likeness (QED) is 0.654. The standard InChI is InChI=1S/C12H13N2O4P/c1-9-11(12(15)8-19(16,17)18)7-13-14(9)10-5-3-2-4-6-10/h2-7H,8H2,1H3,(H2,16,17,18). The van der Waals surface area contributed by atoms with Crippen LogP contribution in [0.2, 0.25) is 0 Å². The molecule has 2 aromatic rings. The number of benzene rings is 1. The van der Waals surface area contributed by atoms with Gasteiger partial charge in [0.1, 0.15) is 6.16 Å². The molecule has 100 valence electrons. The summed E-state index contributed by atoms with van der Waals surface area (Å²) in [6, 6.07) is 9.21. The van der Waals surface area contributed by atoms with Crippen LogP contribution in [0, 0.1) is 6.92 Å². The van der Waals surface area contributed by atoms with E-state index in [0.717, 1.165) is 5.69 Å². The molecule has 2 N–H and O–H groups in total. The molecule has 0 radical (unpaired) electrons. The van der Waals surface area contributed by atoms with Crippen molar-refractivity contribution in [2.24, 2.45) is 0 Å². The van der Waals surface area contributed by atoms with Crippen LogP contribution in [0.15, 0.2) is 36.5 Å². The van der Waals surface area contributed by atoms with E-state index in [4.69, 9.17) is 9.79 Å². The van der Waals surface area contributed by atoms with Gasteiger partial charge in [-0.05, 0) is 19.1 Å². The molecule has 0 atom stereocenters. The summed E-state index contributed by atoms with van der Waals surface area (Å²) in [4.78, 5) is 29.4. The molecule has 1 heterocycles. The molecule has 6 nitrogen and oxygen atoms in total. The second-order valence-electron chi connectivity index (χ2n) is 4.14. The number of hydrogen-bond donors (Lipinski definition) is 2. The third-order valence-electron chi connectivity index (χ3n) is 2.66. The molecule has 7 heteroatoms. The van der Waals surface area contributed by atoms with E-state index in [0.29, 0.717) is 5.69 Å². The van der Waals surface area contributed by atoms with Crippen molar-refractivity contribution in [1.29, 1.82) is 0 Å². The first-order valence-electron chi connectivity index (χ1n) is 5.56. The first-order valence-corrected chi connectivity index (χ1v) is 7.36. The van der Waals surface area contributed by atoms with Gasteiger partial charge in [-0.15, -0.1) is 0 Å². The van der Waals surface area contributed by atoms with Crippen LogP contribution in [-0.2, 0) is 4.57 Å². The molecule has 0 unspecified atom stereocenters. The molecule has 19 heavy (non-hydrogen) atoms. The number of nitrogens with zero attached hydrogens (tertiary/aromatic N) is 2. The highest BCUT2D eigenvalue weighted by Gasteiger charge is 2.23. The number of carbonyl (C=O) groups is 1. The van der Waals surface area contributed by atoms with Crippen LogP contribution in [0.1, 0.15) is 16.1 Å². The summed E-state index contributed by atoms with van der Waals surface area (Å²) >= 11 is 0. The lowest BCUT2D eigenvalue weighted by atomic mass is 10.2. The van der Waals surface area contributed by atoms with Crippen LogP contribution in [0.5, 0.6) is 0 Å². The Morgan fingerprint density at radius 3 is 2.53 bits per heavy atom. The van der Waals surface area contributed by atoms with Gasteiger partial charge in [0.15, 0.2) is 5.78 Å². The third-order valence-corrected chi connectivity index (χ3v) is 3.36. The first kappa shape index (κ1) is 13.7. The lowest BCUT2D eigenvalue weighted by Gasteiger charge is -2.05. The molecule has 1 aromatic heterocycles. The second kappa shape index (κ2) is 5.09. The summed E-state index contributed by atoms with van der Waals surface area (Å²) in [5.41, 5.74) is 1.58. The maximum atomic E-state index is 11.8. The zero-order chi connectivity index (χ0) is 14.0. The van der Waals surface area contributed by atoms with Gasteiger partial charge in [0, 0.05) is 0 Å². The van der Waals surface area contributed by atoms with Crippen molar-refractivity contribution in [1.82, 2.24) is 9.78 Å². The van der Waals surface area contributed by atoms with Crippen molar-refractivity contribution in [3.63, 3.8) is 0 Å². The van der Waals surface area contributed by atoms with Gasteiger partial charge in [-0.25, -0.2) is 4.68 Å². The summed E-state index contributed by atoms with van der Waals surface area (Å²) in [6.45, 7) is 1.69. The van der Waals surface area contributed by atoms with Crippen molar-refractivity contribution >= 4 is 13.4 Å². The van der Waals surface area contributed by atoms with E-state index in [1.807, 2.05) is 30.3 Å². The summed E-state index contributed by atoms with van der Waals surface area (Å²) in [6.07, 6.45) is 0.536. The number of carbonyl (C=O) groups excluding carboxylic acids is 1. The molecule has 0 saturated heterocycles. The van der Waals surface area contributed by atoms with Gasteiger partial charge in [-0.1, -0.05) is 18.2 Å². The van der Waals surface area contributed by atoms with Gasteiger partial charge < -0.3 is 9.79 Å². The molecule has 0 bridgehead atoms. The van der Waals surface area contributed by atoms with Gasteiger partial charge in [-0.2, -0.15) is 5.10 Å². The number of ketones is 1. The number of rotatable bonds is 4. The lowest BCUT2D eigenvalue weighted by Crippen LogP contribution is -2.08. The van der Waals surface area contributed by atoms with E-state index in [2.05, 4.69) is 5.10 Å². The summed E-state index contributed by atoms with van der Waals surface area (Å²) in [5, 5.41) is 4.08. The number of Topliss-reactive ketones (excluding diaryl/α,β-unsaturated/α-hetero) is 1. The van der Waals surface area contributed by atoms with Crippen LogP contribution in [0.3, 0.4) is 0 Å². The van der Waals surface area contributed by atoms with E-state index < -0.39 is 19.5 Å². The Labute approximate surface area is 109 Å². The molecule has 0 saturated carbocycles. The highest BCUT2D eigenvalue weighted by molar-refractivity contribution is 7.52. The van der Waals surface area contributed by atoms with Crippen molar-refractivity contribution in [2.45, 2.75) is 6.92 Å². The van der Waals surface area contributed by atoms with Gasteiger partial charge in [0.05, 0.1) is 23.1 Å². The van der Waals surface area contributed by atoms with Crippen LogP contribution in [-0.4, -0.2) is 31.5 Å². The van der Waals surface area contributed by atoms with E-state index in [1.54, 1.807) is 11.6 Å². The average molecular weight is 280 g/mol. The highest BCUT2D eigenvalue weighted by Crippen LogP contribution is 2.35. The molecular formula is C12H13N2O4P. The molecule has 0 aliphatic rings. The van der Waals surface area contributed by atoms with Gasteiger partial charge in [0.25, 0.3) is 0 Å². The minimum Gasteiger partial charge on any atom is -0.324 e. The molecule has 1 aromatic carbocycles. The largest absolute Gasteiger partial charge is 0.333 e. The number of para-hydroxylation sites is 1. The minimum atomic E-state index is -4.36. The Balaban J connectivity index is 2.34. The van der Waals surface area contributed by atoms with Gasteiger partial charge in [-0.3, -0.25) is 9.36 Å². The zero-order valence-corrected chi connectivity index (χ0v) is 11.1. The lowest BCUT2D eigenvalue weighted by molar-refractivity contribution is 0.101. The van der Waals surface area contributed by atoms with Crippen molar-refractivity contribution in [3.8, 4) is 5.69 Å². The van der Waals surface area contributed by atoms with E-state index in [9.17, 15) is 9.36 Å². The fourth-order valence-electron chi connectivity index (χ4n) is 1.79. The minimum absolute atomic E-state index is 0.229. The molecule has 0 amide bonds. The van der Waals surface area contributed by atoms with Gasteiger partial charge in [0.2, 0.25) is 0 Å². The van der Waals surface area contributed by atoms with Crippen molar-refractivity contribution < 1.29 is 19.1 Å². The summed E-state index contributed by atoms with van der Waals surface area (Å²) in [5.74, 6) is -0.604. The normalized spacial score (nSPS) is 11.5. The Morgan fingerprint density at radius 2 is 1.95 bits per heavy atom. The fourth-order valence-corrected chi connectivity index (χ4v) is 2.33. The number of aromatic nitrogens is 2. The summed E-state index contributed by atoms with van der Waals surface area (Å²) in [7, 11) is -4.36. The Bertz CT molecular complexity index is 645. The molecular weight excluding hydrogens is 267 g/mol. The second-order valence-corrected chi connectivity index (χ2v) is 5.78.